The molecule has 1 saturated heterocycles. The fraction of sp³-hybridized carbons (Fsp3) is 0.846. The third-order valence-corrected chi connectivity index (χ3v) is 2.84. The quantitative estimate of drug-likeness (QED) is 0.714. The highest BCUT2D eigenvalue weighted by atomic mass is 16.6. The van der Waals surface area contributed by atoms with Gasteiger partial charge in [0.25, 0.3) is 0 Å². The van der Waals surface area contributed by atoms with Crippen molar-refractivity contribution in [2.75, 3.05) is 20.2 Å². The number of carbonyl (C=O) groups excluding carboxylic acids is 2. The number of methoxy groups -OCH3 is 1. The molecule has 1 heterocycles. The summed E-state index contributed by atoms with van der Waals surface area (Å²) in [6.07, 6.45) is 2.73. The third-order valence-electron chi connectivity index (χ3n) is 2.84. The number of ether oxygens (including phenoxy) is 2. The van der Waals surface area contributed by atoms with Crippen LogP contribution in [0.2, 0.25) is 0 Å². The Kier molecular flexibility index (Phi) is 5.14. The number of carbonyl (C=O) groups is 2. The van der Waals surface area contributed by atoms with Gasteiger partial charge in [-0.05, 0) is 40.2 Å². The summed E-state index contributed by atoms with van der Waals surface area (Å²) in [5.74, 6) is -0.559. The first-order chi connectivity index (χ1) is 8.33. The average molecular weight is 257 g/mol. The van der Waals surface area contributed by atoms with Crippen molar-refractivity contribution in [1.29, 1.82) is 0 Å². The first-order valence-electron chi connectivity index (χ1n) is 6.37. The Morgan fingerprint density at radius 3 is 2.50 bits per heavy atom. The summed E-state index contributed by atoms with van der Waals surface area (Å²) in [6, 6.07) is -0.309. The van der Waals surface area contributed by atoms with E-state index in [0.29, 0.717) is 0 Å². The molecule has 0 aromatic heterocycles. The molecule has 18 heavy (non-hydrogen) atoms. The maximum absolute atomic E-state index is 11.8. The summed E-state index contributed by atoms with van der Waals surface area (Å²) in [6.45, 7) is 6.38. The molecule has 0 unspecified atom stereocenters. The molecule has 0 aromatic rings. The molecular weight excluding hydrogens is 234 g/mol. The van der Waals surface area contributed by atoms with Gasteiger partial charge in [0.2, 0.25) is 0 Å². The standard InChI is InChI=1S/C13H23NO4/c1-13(2,3)18-11(15)9-14-8-6-5-7-10(14)12(16)17-4/h10H,5-9H2,1-4H3/t10-/m1/s1. The molecular formula is C13H23NO4. The van der Waals surface area contributed by atoms with Crippen molar-refractivity contribution >= 4 is 11.9 Å². The molecule has 0 saturated carbocycles. The van der Waals surface area contributed by atoms with Gasteiger partial charge >= 0.3 is 11.9 Å². The molecule has 0 bridgehead atoms. The van der Waals surface area contributed by atoms with E-state index in [1.807, 2.05) is 25.7 Å². The summed E-state index contributed by atoms with van der Waals surface area (Å²) in [5.41, 5.74) is -0.492. The van der Waals surface area contributed by atoms with Crippen LogP contribution in [0.5, 0.6) is 0 Å². The molecule has 0 radical (unpaired) electrons. The minimum atomic E-state index is -0.492. The van der Waals surface area contributed by atoms with Gasteiger partial charge < -0.3 is 9.47 Å². The van der Waals surface area contributed by atoms with E-state index in [0.717, 1.165) is 25.8 Å². The minimum absolute atomic E-state index is 0.150. The molecule has 1 aliphatic heterocycles. The van der Waals surface area contributed by atoms with Crippen LogP contribution in [0.25, 0.3) is 0 Å². The summed E-state index contributed by atoms with van der Waals surface area (Å²) >= 11 is 0. The van der Waals surface area contributed by atoms with Crippen molar-refractivity contribution in [2.45, 2.75) is 51.7 Å². The van der Waals surface area contributed by atoms with Crippen LogP contribution in [0.1, 0.15) is 40.0 Å². The zero-order valence-corrected chi connectivity index (χ0v) is 11.7. The van der Waals surface area contributed by atoms with Gasteiger partial charge in [-0.1, -0.05) is 6.42 Å². The van der Waals surface area contributed by atoms with Crippen molar-refractivity contribution in [2.24, 2.45) is 0 Å². The maximum atomic E-state index is 11.8. The monoisotopic (exact) mass is 257 g/mol. The van der Waals surface area contributed by atoms with Crippen molar-refractivity contribution < 1.29 is 19.1 Å². The predicted octanol–water partition coefficient (Wildman–Crippen LogP) is 1.36. The third kappa shape index (κ3) is 4.64. The van der Waals surface area contributed by atoms with Crippen LogP contribution in [-0.4, -0.2) is 48.7 Å². The van der Waals surface area contributed by atoms with Crippen molar-refractivity contribution in [3.63, 3.8) is 0 Å². The van der Waals surface area contributed by atoms with E-state index >= 15 is 0 Å². The molecule has 1 rings (SSSR count). The Balaban J connectivity index is 2.57. The van der Waals surface area contributed by atoms with E-state index in [1.165, 1.54) is 7.11 Å². The predicted molar refractivity (Wildman–Crippen MR) is 67.1 cm³/mol. The zero-order chi connectivity index (χ0) is 13.8. The van der Waals surface area contributed by atoms with Crippen LogP contribution in [-0.2, 0) is 19.1 Å². The Hall–Kier alpha value is -1.10. The highest BCUT2D eigenvalue weighted by molar-refractivity contribution is 5.78. The van der Waals surface area contributed by atoms with Crippen LogP contribution in [0, 0.1) is 0 Å². The molecule has 0 aliphatic carbocycles. The molecule has 1 fully saturated rings. The van der Waals surface area contributed by atoms with Gasteiger partial charge in [0.05, 0.1) is 13.7 Å². The Labute approximate surface area is 108 Å². The number of rotatable bonds is 3. The second kappa shape index (κ2) is 6.18. The topological polar surface area (TPSA) is 55.8 Å². The van der Waals surface area contributed by atoms with Crippen molar-refractivity contribution in [3.8, 4) is 0 Å². The summed E-state index contributed by atoms with van der Waals surface area (Å²) < 4.78 is 10.0. The smallest absolute Gasteiger partial charge is 0.323 e. The molecule has 1 atom stereocenters. The second-order valence-corrected chi connectivity index (χ2v) is 5.59. The Morgan fingerprint density at radius 1 is 1.28 bits per heavy atom. The molecule has 1 aliphatic rings. The van der Waals surface area contributed by atoms with Gasteiger partial charge in [-0.15, -0.1) is 0 Å². The Morgan fingerprint density at radius 2 is 1.94 bits per heavy atom. The minimum Gasteiger partial charge on any atom is -0.468 e. The van der Waals surface area contributed by atoms with Crippen molar-refractivity contribution in [1.82, 2.24) is 4.90 Å². The molecule has 0 N–H and O–H groups in total. The van der Waals surface area contributed by atoms with E-state index in [-0.39, 0.29) is 24.5 Å². The number of hydrogen-bond donors (Lipinski definition) is 0. The first kappa shape index (κ1) is 15.0. The average Bonchev–Trinajstić information content (AvgIpc) is 2.26. The van der Waals surface area contributed by atoms with E-state index < -0.39 is 5.60 Å². The van der Waals surface area contributed by atoms with Crippen LogP contribution < -0.4 is 0 Å². The number of hydrogen-bond acceptors (Lipinski definition) is 5. The Bertz CT molecular complexity index is 309. The van der Waals surface area contributed by atoms with Gasteiger partial charge in [0.1, 0.15) is 11.6 Å². The summed E-state index contributed by atoms with van der Waals surface area (Å²) in [4.78, 5) is 25.2. The normalized spacial score (nSPS) is 21.4. The molecule has 0 aromatic carbocycles. The van der Waals surface area contributed by atoms with Gasteiger partial charge in [-0.3, -0.25) is 14.5 Å². The lowest BCUT2D eigenvalue weighted by Crippen LogP contribution is -2.48. The number of nitrogens with zero attached hydrogens (tertiary/aromatic N) is 1. The highest BCUT2D eigenvalue weighted by Crippen LogP contribution is 2.18. The fourth-order valence-corrected chi connectivity index (χ4v) is 2.12. The molecule has 5 nitrogen and oxygen atoms in total. The first-order valence-corrected chi connectivity index (χ1v) is 6.37. The number of likely N-dealkylation sites (tertiary alicyclic amines) is 1. The van der Waals surface area contributed by atoms with Crippen molar-refractivity contribution in [3.05, 3.63) is 0 Å². The summed E-state index contributed by atoms with van der Waals surface area (Å²) in [7, 11) is 1.38. The van der Waals surface area contributed by atoms with Gasteiger partial charge in [-0.2, -0.15) is 0 Å². The molecule has 104 valence electrons. The van der Waals surface area contributed by atoms with Gasteiger partial charge in [0.15, 0.2) is 0 Å². The van der Waals surface area contributed by atoms with Crippen LogP contribution in [0.15, 0.2) is 0 Å². The second-order valence-electron chi connectivity index (χ2n) is 5.59. The number of piperidine rings is 1. The number of esters is 2. The van der Waals surface area contributed by atoms with Crippen LogP contribution >= 0.6 is 0 Å². The van der Waals surface area contributed by atoms with E-state index in [9.17, 15) is 9.59 Å². The summed E-state index contributed by atoms with van der Waals surface area (Å²) in [5, 5.41) is 0. The lowest BCUT2D eigenvalue weighted by molar-refractivity contribution is -0.159. The van der Waals surface area contributed by atoms with E-state index in [1.54, 1.807) is 0 Å². The zero-order valence-electron chi connectivity index (χ0n) is 11.7. The van der Waals surface area contributed by atoms with Crippen LogP contribution in [0.3, 0.4) is 0 Å². The maximum Gasteiger partial charge on any atom is 0.323 e. The lowest BCUT2D eigenvalue weighted by Gasteiger charge is -2.33. The van der Waals surface area contributed by atoms with Gasteiger partial charge in [0, 0.05) is 0 Å². The fourth-order valence-electron chi connectivity index (χ4n) is 2.12. The van der Waals surface area contributed by atoms with E-state index in [4.69, 9.17) is 9.47 Å². The molecule has 0 amide bonds. The van der Waals surface area contributed by atoms with E-state index in [2.05, 4.69) is 0 Å². The highest BCUT2D eigenvalue weighted by Gasteiger charge is 2.31. The van der Waals surface area contributed by atoms with Crippen LogP contribution in [0.4, 0.5) is 0 Å². The van der Waals surface area contributed by atoms with Gasteiger partial charge in [-0.25, -0.2) is 0 Å². The largest absolute Gasteiger partial charge is 0.468 e. The lowest BCUT2D eigenvalue weighted by atomic mass is 10.0. The molecule has 5 heteroatoms. The molecule has 0 spiro atoms. The SMILES string of the molecule is COC(=O)[C@H]1CCCCN1CC(=O)OC(C)(C)C.